The van der Waals surface area contributed by atoms with Gasteiger partial charge in [-0.15, -0.1) is 11.8 Å². The van der Waals surface area contributed by atoms with Crippen LogP contribution in [0.3, 0.4) is 0 Å². The number of benzene rings is 1. The first-order valence-corrected chi connectivity index (χ1v) is 7.50. The van der Waals surface area contributed by atoms with Crippen LogP contribution in [-0.4, -0.2) is 11.5 Å². The summed E-state index contributed by atoms with van der Waals surface area (Å²) in [6.07, 6.45) is 4.92. The maximum absolute atomic E-state index is 11.2. The molecule has 1 fully saturated rings. The predicted molar refractivity (Wildman–Crippen MR) is 73.5 cm³/mol. The van der Waals surface area contributed by atoms with Crippen molar-refractivity contribution in [2.75, 3.05) is 5.75 Å². The van der Waals surface area contributed by atoms with E-state index in [9.17, 15) is 4.79 Å². The molecule has 0 spiro atoms. The zero-order valence-electron chi connectivity index (χ0n) is 10.4. The molecule has 2 heteroatoms. The number of hydrogen-bond acceptors (Lipinski definition) is 2. The van der Waals surface area contributed by atoms with Crippen molar-refractivity contribution in [3.63, 3.8) is 0 Å². The number of carbonyl (C=O) groups excluding carboxylic acids is 1. The van der Waals surface area contributed by atoms with Crippen LogP contribution in [0.25, 0.3) is 0 Å². The summed E-state index contributed by atoms with van der Waals surface area (Å²) in [5.74, 6) is 2.30. The molecule has 1 nitrogen and oxygen atoms in total. The SMILES string of the molecule is CCSc1ccc(CC2CCC(=O)CC2)cc1. The molecule has 0 bridgehead atoms. The number of Topliss-reactive ketones (excluding diaryl/α,β-unsaturated/α-hetero) is 1. The zero-order valence-corrected chi connectivity index (χ0v) is 11.3. The highest BCUT2D eigenvalue weighted by molar-refractivity contribution is 7.99. The Kier molecular flexibility index (Phi) is 4.66. The third kappa shape index (κ3) is 3.88. The van der Waals surface area contributed by atoms with E-state index in [1.165, 1.54) is 10.5 Å². The van der Waals surface area contributed by atoms with Gasteiger partial charge in [0.1, 0.15) is 5.78 Å². The Morgan fingerprint density at radius 3 is 2.41 bits per heavy atom. The number of rotatable bonds is 4. The quantitative estimate of drug-likeness (QED) is 0.746. The van der Waals surface area contributed by atoms with Crippen LogP contribution in [0.2, 0.25) is 0 Å². The van der Waals surface area contributed by atoms with E-state index in [0.29, 0.717) is 5.78 Å². The Morgan fingerprint density at radius 2 is 1.82 bits per heavy atom. The standard InChI is InChI=1S/C15H20OS/c1-2-17-15-9-5-13(6-10-15)11-12-3-7-14(16)8-4-12/h5-6,9-10,12H,2-4,7-8,11H2,1H3. The minimum atomic E-state index is 0.455. The lowest BCUT2D eigenvalue weighted by Crippen LogP contribution is -2.15. The molecule has 1 aliphatic rings. The predicted octanol–water partition coefficient (Wildman–Crippen LogP) is 4.10. The Balaban J connectivity index is 1.88. The van der Waals surface area contributed by atoms with Gasteiger partial charge in [-0.05, 0) is 48.6 Å². The molecule has 0 N–H and O–H groups in total. The van der Waals surface area contributed by atoms with Crippen LogP contribution >= 0.6 is 11.8 Å². The first-order valence-electron chi connectivity index (χ1n) is 6.51. The van der Waals surface area contributed by atoms with Crippen LogP contribution in [0.1, 0.15) is 38.2 Å². The molecular weight excluding hydrogens is 228 g/mol. The van der Waals surface area contributed by atoms with Gasteiger partial charge in [0.25, 0.3) is 0 Å². The second-order valence-electron chi connectivity index (χ2n) is 4.76. The van der Waals surface area contributed by atoms with Gasteiger partial charge in [-0.2, -0.15) is 0 Å². The molecule has 0 unspecified atom stereocenters. The van der Waals surface area contributed by atoms with E-state index in [1.807, 2.05) is 11.8 Å². The number of ketones is 1. The lowest BCUT2D eigenvalue weighted by atomic mass is 9.84. The maximum Gasteiger partial charge on any atom is 0.132 e. The molecule has 0 aromatic heterocycles. The number of thioether (sulfide) groups is 1. The van der Waals surface area contributed by atoms with Gasteiger partial charge >= 0.3 is 0 Å². The van der Waals surface area contributed by atoms with E-state index >= 15 is 0 Å². The van der Waals surface area contributed by atoms with Gasteiger partial charge in [-0.3, -0.25) is 4.79 Å². The van der Waals surface area contributed by atoms with Crippen molar-refractivity contribution in [1.82, 2.24) is 0 Å². The molecule has 0 saturated heterocycles. The second-order valence-corrected chi connectivity index (χ2v) is 6.10. The molecule has 0 heterocycles. The first kappa shape index (κ1) is 12.7. The number of hydrogen-bond donors (Lipinski definition) is 0. The Bertz CT molecular complexity index is 359. The fourth-order valence-electron chi connectivity index (χ4n) is 2.43. The highest BCUT2D eigenvalue weighted by Gasteiger charge is 2.18. The molecule has 0 amide bonds. The molecule has 0 aliphatic heterocycles. The van der Waals surface area contributed by atoms with Crippen molar-refractivity contribution < 1.29 is 4.79 Å². The van der Waals surface area contributed by atoms with Crippen molar-refractivity contribution in [3.8, 4) is 0 Å². The van der Waals surface area contributed by atoms with Crippen molar-refractivity contribution in [3.05, 3.63) is 29.8 Å². The molecule has 1 aliphatic carbocycles. The van der Waals surface area contributed by atoms with Gasteiger partial charge in [0.15, 0.2) is 0 Å². The highest BCUT2D eigenvalue weighted by atomic mass is 32.2. The van der Waals surface area contributed by atoms with E-state index in [4.69, 9.17) is 0 Å². The molecule has 2 rings (SSSR count). The molecule has 0 atom stereocenters. The van der Waals surface area contributed by atoms with E-state index in [1.54, 1.807) is 0 Å². The fourth-order valence-corrected chi connectivity index (χ4v) is 3.09. The molecule has 1 aromatic rings. The summed E-state index contributed by atoms with van der Waals surface area (Å²) in [6.45, 7) is 2.18. The van der Waals surface area contributed by atoms with E-state index in [0.717, 1.165) is 43.8 Å². The Hall–Kier alpha value is -0.760. The minimum Gasteiger partial charge on any atom is -0.300 e. The molecule has 17 heavy (non-hydrogen) atoms. The third-order valence-corrected chi connectivity index (χ3v) is 4.32. The van der Waals surface area contributed by atoms with Crippen molar-refractivity contribution >= 4 is 17.5 Å². The molecular formula is C15H20OS. The molecule has 0 radical (unpaired) electrons. The van der Waals surface area contributed by atoms with Gasteiger partial charge in [0.2, 0.25) is 0 Å². The summed E-state index contributed by atoms with van der Waals surface area (Å²) in [4.78, 5) is 12.5. The summed E-state index contributed by atoms with van der Waals surface area (Å²) in [6, 6.07) is 8.93. The molecule has 1 saturated carbocycles. The monoisotopic (exact) mass is 248 g/mol. The maximum atomic E-state index is 11.2. The van der Waals surface area contributed by atoms with Gasteiger partial charge in [0.05, 0.1) is 0 Å². The summed E-state index contributed by atoms with van der Waals surface area (Å²) >= 11 is 1.89. The topological polar surface area (TPSA) is 17.1 Å². The fraction of sp³-hybridized carbons (Fsp3) is 0.533. The van der Waals surface area contributed by atoms with Crippen LogP contribution in [-0.2, 0) is 11.2 Å². The largest absolute Gasteiger partial charge is 0.300 e. The van der Waals surface area contributed by atoms with Gasteiger partial charge < -0.3 is 0 Å². The molecule has 1 aromatic carbocycles. The summed E-state index contributed by atoms with van der Waals surface area (Å²) in [5, 5.41) is 0. The van der Waals surface area contributed by atoms with Gasteiger partial charge in [-0.25, -0.2) is 0 Å². The average Bonchev–Trinajstić information content (AvgIpc) is 2.35. The van der Waals surface area contributed by atoms with Gasteiger partial charge in [0, 0.05) is 17.7 Å². The van der Waals surface area contributed by atoms with Crippen molar-refractivity contribution in [2.45, 2.75) is 43.9 Å². The van der Waals surface area contributed by atoms with Crippen molar-refractivity contribution in [1.29, 1.82) is 0 Å². The summed E-state index contributed by atoms with van der Waals surface area (Å²) in [5.41, 5.74) is 1.42. The zero-order chi connectivity index (χ0) is 12.1. The van der Waals surface area contributed by atoms with Crippen molar-refractivity contribution in [2.24, 2.45) is 5.92 Å². The average molecular weight is 248 g/mol. The van der Waals surface area contributed by atoms with E-state index in [2.05, 4.69) is 31.2 Å². The first-order chi connectivity index (χ1) is 8.28. The molecule has 92 valence electrons. The Morgan fingerprint density at radius 1 is 1.18 bits per heavy atom. The van der Waals surface area contributed by atoms with Crippen LogP contribution in [0.5, 0.6) is 0 Å². The normalized spacial score (nSPS) is 17.4. The lowest BCUT2D eigenvalue weighted by Gasteiger charge is -2.20. The summed E-state index contributed by atoms with van der Waals surface area (Å²) < 4.78 is 0. The lowest BCUT2D eigenvalue weighted by molar-refractivity contribution is -0.120. The highest BCUT2D eigenvalue weighted by Crippen LogP contribution is 2.26. The van der Waals surface area contributed by atoms with Crippen LogP contribution in [0, 0.1) is 5.92 Å². The van der Waals surface area contributed by atoms with Gasteiger partial charge in [-0.1, -0.05) is 19.1 Å². The van der Waals surface area contributed by atoms with E-state index < -0.39 is 0 Å². The van der Waals surface area contributed by atoms with Crippen LogP contribution in [0.15, 0.2) is 29.2 Å². The second kappa shape index (κ2) is 6.25. The number of carbonyl (C=O) groups is 1. The minimum absolute atomic E-state index is 0.455. The van der Waals surface area contributed by atoms with Crippen LogP contribution in [0.4, 0.5) is 0 Å². The third-order valence-electron chi connectivity index (χ3n) is 3.42. The smallest absolute Gasteiger partial charge is 0.132 e. The summed E-state index contributed by atoms with van der Waals surface area (Å²) in [7, 11) is 0. The van der Waals surface area contributed by atoms with Crippen LogP contribution < -0.4 is 0 Å². The Labute approximate surface area is 108 Å². The van der Waals surface area contributed by atoms with E-state index in [-0.39, 0.29) is 0 Å².